The number of morpholine rings is 1. The number of ether oxygens (including phenoxy) is 7. The number of hydrogen-bond acceptors (Lipinski definition) is 27. The molecule has 666 valence electrons. The molecule has 2 aromatic carbocycles. The molecule has 0 saturated carbocycles. The maximum atomic E-state index is 16.0. The van der Waals surface area contributed by atoms with E-state index in [1.165, 1.54) is 0 Å². The van der Waals surface area contributed by atoms with E-state index in [-0.39, 0.29) is 133 Å². The molecular formula is C94H102F4N20O10. The Kier molecular flexibility index (Phi) is 23.6. The average Bonchev–Trinajstić information content (AvgIpc) is 0.723. The van der Waals surface area contributed by atoms with Gasteiger partial charge in [0.1, 0.15) is 43.1 Å². The Hall–Kier alpha value is -12.9. The average molecular weight is 1750 g/mol. The van der Waals surface area contributed by atoms with E-state index in [2.05, 4.69) is 70.7 Å². The van der Waals surface area contributed by atoms with Gasteiger partial charge in [-0.1, -0.05) is 0 Å². The van der Waals surface area contributed by atoms with Gasteiger partial charge >= 0.3 is 0 Å². The van der Waals surface area contributed by atoms with Crippen LogP contribution in [-0.2, 0) is 44.0 Å². The highest BCUT2D eigenvalue weighted by atomic mass is 19.2. The predicted octanol–water partition coefficient (Wildman–Crippen LogP) is 11.3. The van der Waals surface area contributed by atoms with Crippen molar-refractivity contribution < 1.29 is 50.7 Å². The number of rotatable bonds is 26. The second kappa shape index (κ2) is 35.7. The highest BCUT2D eigenvalue weighted by Crippen LogP contribution is 2.44. The summed E-state index contributed by atoms with van der Waals surface area (Å²) in [6.45, 7) is 15.3. The van der Waals surface area contributed by atoms with Crippen molar-refractivity contribution in [1.82, 2.24) is 63.3 Å². The van der Waals surface area contributed by atoms with Crippen molar-refractivity contribution in [2.24, 2.45) is 11.8 Å². The summed E-state index contributed by atoms with van der Waals surface area (Å²) >= 11 is 0. The van der Waals surface area contributed by atoms with E-state index in [1.54, 1.807) is 62.6 Å². The molecule has 0 spiro atoms. The highest BCUT2D eigenvalue weighted by molar-refractivity contribution is 5.90. The standard InChI is InChI=1S/C94H102F4N20O10/c1-54-49-124-77-36-102-35-72-86(77)116(54)43-63(89(72)119)42-111(67-7-6-20-110(44-67)64-8-11-78(99)106-32-64)37-59-15-18-104-82(28-59)125-52-61-25-68(45-112(40-61)65-9-12-79(100)107-33-65)114(47-73-57(4)117-55(2)50-127-92-84(97)75(95)30-70(87(92)117)90(73)120)39-60-16-19-105-83(29-60)126-53-62-26-69(46-113(41-62)66-10-13-80(101)108-34-66)115(38-58-14-17-103-81(27-58)122-5)48-74-91(121)71-31-76(96)85(98)93-88(71)118(56(3)51-128-93)94(74)109-21-23-123-24-22-109/h8-19,27-36,43,54-56,61-62,67-69H,6-7,20-26,37-42,44-53H2,1-5H3,(H2,99,106)(H2,100,107)(H2,101,108)/t54?,55?,56?,61?,62?,67-,68-,69-/m0/s1. The molecule has 17 heterocycles. The van der Waals surface area contributed by atoms with Crippen LogP contribution in [0.25, 0.3) is 32.7 Å². The van der Waals surface area contributed by atoms with Crippen LogP contribution >= 0.6 is 0 Å². The van der Waals surface area contributed by atoms with Crippen LogP contribution in [0, 0.1) is 42.0 Å². The topological polar surface area (TPSA) is 322 Å². The molecular weight excluding hydrogens is 1650 g/mol. The maximum Gasteiger partial charge on any atom is 0.213 e. The molecule has 10 aromatic heterocycles. The lowest BCUT2D eigenvalue weighted by Crippen LogP contribution is -2.52. The molecule has 0 bridgehead atoms. The van der Waals surface area contributed by atoms with Gasteiger partial charge in [-0.05, 0) is 137 Å². The molecule has 7 aliphatic rings. The van der Waals surface area contributed by atoms with Gasteiger partial charge in [0.05, 0.1) is 132 Å². The quantitative estimate of drug-likeness (QED) is 0.0424. The van der Waals surface area contributed by atoms with Gasteiger partial charge in [0.25, 0.3) is 0 Å². The Labute approximate surface area is 735 Å². The summed E-state index contributed by atoms with van der Waals surface area (Å²) in [5.41, 5.74) is 25.9. The fourth-order valence-corrected chi connectivity index (χ4v) is 20.0. The Morgan fingerprint density at radius 1 is 0.484 bits per heavy atom. The van der Waals surface area contributed by atoms with Crippen molar-refractivity contribution in [3.8, 4) is 34.9 Å². The first-order chi connectivity index (χ1) is 62.1. The van der Waals surface area contributed by atoms with Gasteiger partial charge in [-0.25, -0.2) is 38.7 Å². The number of pyridine rings is 10. The molecule has 4 fully saturated rings. The van der Waals surface area contributed by atoms with Crippen LogP contribution in [0.15, 0.2) is 155 Å². The Morgan fingerprint density at radius 2 is 0.977 bits per heavy atom. The molecule has 30 nitrogen and oxygen atoms in total. The molecule has 0 aliphatic carbocycles. The van der Waals surface area contributed by atoms with Crippen LogP contribution in [0.5, 0.6) is 34.9 Å². The number of nitrogens with two attached hydrogens (primary N) is 3. The molecule has 7 aliphatic heterocycles. The lowest BCUT2D eigenvalue weighted by molar-refractivity contribution is 0.112. The summed E-state index contributed by atoms with van der Waals surface area (Å²) in [6, 6.07) is 23.3. The SMILES string of the molecule is COc1cc(CN(Cc2c(N3CCOCC3)n3c4c(c(F)c(F)cc4c2=O)OCC3C)[C@H]2CC(COc3cc(CN(Cc4c(C)n5c6c(c(F)c(F)cc6c4=O)OCC5C)[C@H]4CC(COc5cc(CN(Cc6cn7c8c(cncc8c6=O)OCC7C)[C@H]6CCCN(c7ccc(N)nc7)C6)ccn5)CN(c5ccc(N)nc5)C4)ccn3)CN(c3ccc(N)nc3)C2)ccn1. The molecule has 19 rings (SSSR count). The molecule has 128 heavy (non-hydrogen) atoms. The lowest BCUT2D eigenvalue weighted by Gasteiger charge is -2.44. The van der Waals surface area contributed by atoms with E-state index in [0.29, 0.717) is 173 Å². The highest BCUT2D eigenvalue weighted by Gasteiger charge is 2.41. The molecule has 5 unspecified atom stereocenters. The van der Waals surface area contributed by atoms with Gasteiger partial charge < -0.3 is 83.7 Å². The van der Waals surface area contributed by atoms with E-state index < -0.39 is 34.1 Å². The van der Waals surface area contributed by atoms with Gasteiger partial charge in [0.2, 0.25) is 29.3 Å². The summed E-state index contributed by atoms with van der Waals surface area (Å²) in [6.07, 6.45) is 18.6. The second-order valence-electron chi connectivity index (χ2n) is 35.0. The van der Waals surface area contributed by atoms with Gasteiger partial charge in [0, 0.05) is 188 Å². The summed E-state index contributed by atoms with van der Waals surface area (Å²) in [7, 11) is 1.55. The van der Waals surface area contributed by atoms with Crippen LogP contribution in [-0.4, -0.2) is 187 Å². The molecule has 0 amide bonds. The Morgan fingerprint density at radius 3 is 1.52 bits per heavy atom. The van der Waals surface area contributed by atoms with Crippen LogP contribution < -0.4 is 81.5 Å². The fourth-order valence-electron chi connectivity index (χ4n) is 20.0. The Bertz CT molecular complexity index is 6370. The molecule has 12 aromatic rings. The molecule has 4 saturated heterocycles. The van der Waals surface area contributed by atoms with Crippen LogP contribution in [0.2, 0.25) is 0 Å². The van der Waals surface area contributed by atoms with Gasteiger partial charge in [-0.15, -0.1) is 0 Å². The Balaban J connectivity index is 0.639. The van der Waals surface area contributed by atoms with Crippen molar-refractivity contribution in [3.63, 3.8) is 0 Å². The number of nitrogens with zero attached hydrogens (tertiary/aromatic N) is 17. The van der Waals surface area contributed by atoms with E-state index in [4.69, 9.17) is 60.3 Å². The van der Waals surface area contributed by atoms with Crippen molar-refractivity contribution in [2.45, 2.75) is 129 Å². The smallest absolute Gasteiger partial charge is 0.213 e. The van der Waals surface area contributed by atoms with Crippen molar-refractivity contribution in [2.75, 3.05) is 143 Å². The molecule has 0 radical (unpaired) electrons. The number of methoxy groups -OCH3 is 1. The van der Waals surface area contributed by atoms with Crippen LogP contribution in [0.1, 0.15) is 104 Å². The summed E-state index contributed by atoms with van der Waals surface area (Å²) in [5.74, 6) is -2.25. The lowest BCUT2D eigenvalue weighted by atomic mass is 9.92. The number of nitrogen functional groups attached to an aromatic ring is 3. The van der Waals surface area contributed by atoms with Crippen LogP contribution in [0.4, 0.5) is 57.9 Å². The van der Waals surface area contributed by atoms with Gasteiger partial charge in [-0.2, -0.15) is 8.78 Å². The minimum Gasteiger partial charge on any atom is -0.488 e. The number of aromatic nitrogens is 10. The van der Waals surface area contributed by atoms with Crippen molar-refractivity contribution in [1.29, 1.82) is 0 Å². The van der Waals surface area contributed by atoms with E-state index >= 15 is 27.2 Å². The van der Waals surface area contributed by atoms with Crippen molar-refractivity contribution >= 4 is 73.0 Å². The summed E-state index contributed by atoms with van der Waals surface area (Å²) in [5, 5.41) is 0.509. The molecule has 6 N–H and O–H groups in total. The van der Waals surface area contributed by atoms with E-state index in [0.717, 1.165) is 70.8 Å². The first-order valence-corrected chi connectivity index (χ1v) is 43.7. The van der Waals surface area contributed by atoms with Gasteiger partial charge in [-0.3, -0.25) is 34.1 Å². The number of benzene rings is 2. The zero-order chi connectivity index (χ0) is 88.3. The first-order valence-electron chi connectivity index (χ1n) is 43.7. The van der Waals surface area contributed by atoms with Crippen molar-refractivity contribution in [3.05, 3.63) is 234 Å². The molecule has 34 heteroatoms. The zero-order valence-corrected chi connectivity index (χ0v) is 72.0. The normalized spacial score (nSPS) is 20.4. The number of hydrogen-bond donors (Lipinski definition) is 3. The monoisotopic (exact) mass is 1750 g/mol. The minimum absolute atomic E-state index is 0.00169. The van der Waals surface area contributed by atoms with Gasteiger partial charge in [0.15, 0.2) is 45.2 Å². The molecule has 8 atom stereocenters. The third-order valence-corrected chi connectivity index (χ3v) is 26.4. The number of piperidine rings is 3. The fraction of sp³-hybridized carbons (Fsp3) is 0.404. The maximum absolute atomic E-state index is 16.0. The number of halogens is 4. The minimum atomic E-state index is -1.19. The third-order valence-electron chi connectivity index (χ3n) is 26.4. The van der Waals surface area contributed by atoms with E-state index in [1.807, 2.05) is 103 Å². The van der Waals surface area contributed by atoms with E-state index in [9.17, 15) is 4.79 Å². The van der Waals surface area contributed by atoms with Crippen LogP contribution in [0.3, 0.4) is 0 Å². The second-order valence-corrected chi connectivity index (χ2v) is 35.0. The largest absolute Gasteiger partial charge is 0.488 e. The zero-order valence-electron chi connectivity index (χ0n) is 72.0. The predicted molar refractivity (Wildman–Crippen MR) is 478 cm³/mol. The number of anilines is 7. The first kappa shape index (κ1) is 84.6. The summed E-state index contributed by atoms with van der Waals surface area (Å²) < 4.78 is 113. The summed E-state index contributed by atoms with van der Waals surface area (Å²) in [4.78, 5) is 93.8. The third kappa shape index (κ3) is 16.9.